The van der Waals surface area contributed by atoms with Crippen LogP contribution in [-0.2, 0) is 25.7 Å². The van der Waals surface area contributed by atoms with E-state index in [1.807, 2.05) is 18.2 Å². The SMILES string of the molecule is CC(Oc1ccccc1[N+](=O)[O-])C(=O)N1CCNC(=O)C1CC(=O)OCc1ccccc1. The lowest BCUT2D eigenvalue weighted by atomic mass is 10.1. The molecule has 168 valence electrons. The average molecular weight is 441 g/mol. The van der Waals surface area contributed by atoms with Crippen LogP contribution in [0.1, 0.15) is 18.9 Å². The Labute approximate surface area is 184 Å². The number of nitrogens with one attached hydrogen (secondary N) is 1. The molecule has 3 rings (SSSR count). The monoisotopic (exact) mass is 441 g/mol. The number of carbonyl (C=O) groups excluding carboxylic acids is 3. The van der Waals surface area contributed by atoms with Crippen molar-refractivity contribution in [3.8, 4) is 5.75 Å². The van der Waals surface area contributed by atoms with Crippen LogP contribution >= 0.6 is 0 Å². The first-order chi connectivity index (χ1) is 15.4. The highest BCUT2D eigenvalue weighted by Gasteiger charge is 2.37. The number of nitro benzene ring substituents is 1. The lowest BCUT2D eigenvalue weighted by molar-refractivity contribution is -0.386. The molecule has 0 aliphatic carbocycles. The average Bonchev–Trinajstić information content (AvgIpc) is 2.79. The Morgan fingerprint density at radius 1 is 1.19 bits per heavy atom. The van der Waals surface area contributed by atoms with E-state index in [4.69, 9.17) is 9.47 Å². The van der Waals surface area contributed by atoms with Gasteiger partial charge in [0.2, 0.25) is 5.91 Å². The van der Waals surface area contributed by atoms with Gasteiger partial charge in [0.1, 0.15) is 12.6 Å². The fourth-order valence-electron chi connectivity index (χ4n) is 3.32. The van der Waals surface area contributed by atoms with Crippen molar-refractivity contribution in [2.24, 2.45) is 0 Å². The molecule has 0 radical (unpaired) electrons. The van der Waals surface area contributed by atoms with Crippen LogP contribution in [-0.4, -0.2) is 52.8 Å². The zero-order valence-electron chi connectivity index (χ0n) is 17.4. The maximum Gasteiger partial charge on any atom is 0.310 e. The summed E-state index contributed by atoms with van der Waals surface area (Å²) in [6.07, 6.45) is -1.42. The Balaban J connectivity index is 1.66. The number of ether oxygens (including phenoxy) is 2. The van der Waals surface area contributed by atoms with E-state index in [1.165, 1.54) is 30.0 Å². The first-order valence-corrected chi connectivity index (χ1v) is 10.0. The first kappa shape index (κ1) is 22.7. The smallest absolute Gasteiger partial charge is 0.310 e. The Bertz CT molecular complexity index is 996. The number of nitrogens with zero attached hydrogens (tertiary/aromatic N) is 2. The van der Waals surface area contributed by atoms with E-state index in [2.05, 4.69) is 5.32 Å². The highest BCUT2D eigenvalue weighted by atomic mass is 16.6. The van der Waals surface area contributed by atoms with Crippen molar-refractivity contribution in [3.05, 3.63) is 70.3 Å². The predicted octanol–water partition coefficient (Wildman–Crippen LogP) is 1.82. The van der Waals surface area contributed by atoms with Gasteiger partial charge < -0.3 is 19.7 Å². The minimum absolute atomic E-state index is 0.0547. The number of piperazine rings is 1. The molecule has 2 unspecified atom stereocenters. The van der Waals surface area contributed by atoms with Crippen LogP contribution in [0.4, 0.5) is 5.69 Å². The van der Waals surface area contributed by atoms with E-state index >= 15 is 0 Å². The van der Waals surface area contributed by atoms with Crippen molar-refractivity contribution < 1.29 is 28.8 Å². The highest BCUT2D eigenvalue weighted by Crippen LogP contribution is 2.27. The molecular weight excluding hydrogens is 418 g/mol. The number of rotatable bonds is 8. The number of esters is 1. The molecule has 0 saturated carbocycles. The molecule has 1 saturated heterocycles. The molecule has 0 bridgehead atoms. The third-order valence-corrected chi connectivity index (χ3v) is 4.93. The standard InChI is InChI=1S/C22H23N3O7/c1-15(32-19-10-6-5-9-17(19)25(29)30)22(28)24-12-11-23-21(27)18(24)13-20(26)31-14-16-7-3-2-4-8-16/h2-10,15,18H,11-14H2,1H3,(H,23,27). The normalized spacial score (nSPS) is 16.6. The van der Waals surface area contributed by atoms with E-state index in [0.717, 1.165) is 5.56 Å². The van der Waals surface area contributed by atoms with Crippen molar-refractivity contribution in [1.29, 1.82) is 0 Å². The molecule has 1 aliphatic rings. The maximum absolute atomic E-state index is 13.0. The van der Waals surface area contributed by atoms with Gasteiger partial charge in [0, 0.05) is 19.2 Å². The van der Waals surface area contributed by atoms with Crippen LogP contribution in [0.15, 0.2) is 54.6 Å². The van der Waals surface area contributed by atoms with Crippen LogP contribution < -0.4 is 10.1 Å². The molecular formula is C22H23N3O7. The molecule has 1 aliphatic heterocycles. The van der Waals surface area contributed by atoms with Crippen LogP contribution in [0.5, 0.6) is 5.75 Å². The van der Waals surface area contributed by atoms with Gasteiger partial charge in [-0.05, 0) is 18.6 Å². The van der Waals surface area contributed by atoms with E-state index in [-0.39, 0.29) is 37.6 Å². The fourth-order valence-corrected chi connectivity index (χ4v) is 3.32. The zero-order valence-corrected chi connectivity index (χ0v) is 17.4. The number of carbonyl (C=O) groups is 3. The maximum atomic E-state index is 13.0. The summed E-state index contributed by atoms with van der Waals surface area (Å²) in [7, 11) is 0. The van der Waals surface area contributed by atoms with Gasteiger partial charge in [-0.3, -0.25) is 24.5 Å². The summed E-state index contributed by atoms with van der Waals surface area (Å²) in [5, 5.41) is 13.8. The van der Waals surface area contributed by atoms with Crippen LogP contribution in [0.25, 0.3) is 0 Å². The topological polar surface area (TPSA) is 128 Å². The summed E-state index contributed by atoms with van der Waals surface area (Å²) in [6.45, 7) is 1.89. The second-order valence-electron chi connectivity index (χ2n) is 7.17. The van der Waals surface area contributed by atoms with E-state index < -0.39 is 34.9 Å². The van der Waals surface area contributed by atoms with Gasteiger partial charge in [-0.2, -0.15) is 0 Å². The van der Waals surface area contributed by atoms with E-state index in [1.54, 1.807) is 18.2 Å². The van der Waals surface area contributed by atoms with Crippen molar-refractivity contribution in [1.82, 2.24) is 10.2 Å². The van der Waals surface area contributed by atoms with Crippen LogP contribution in [0.3, 0.4) is 0 Å². The summed E-state index contributed by atoms with van der Waals surface area (Å²) >= 11 is 0. The van der Waals surface area contributed by atoms with Gasteiger partial charge in [0.25, 0.3) is 5.91 Å². The molecule has 2 aromatic rings. The van der Waals surface area contributed by atoms with Crippen molar-refractivity contribution in [2.75, 3.05) is 13.1 Å². The van der Waals surface area contributed by atoms with Gasteiger partial charge >= 0.3 is 11.7 Å². The molecule has 0 aromatic heterocycles. The van der Waals surface area contributed by atoms with Crippen molar-refractivity contribution in [2.45, 2.75) is 32.1 Å². The lowest BCUT2D eigenvalue weighted by Gasteiger charge is -2.35. The molecule has 1 fully saturated rings. The van der Waals surface area contributed by atoms with Gasteiger partial charge in [0.05, 0.1) is 11.3 Å². The summed E-state index contributed by atoms with van der Waals surface area (Å²) in [5.41, 5.74) is 0.526. The molecule has 0 spiro atoms. The van der Waals surface area contributed by atoms with Crippen molar-refractivity contribution in [3.63, 3.8) is 0 Å². The number of nitro groups is 1. The van der Waals surface area contributed by atoms with Gasteiger partial charge in [-0.15, -0.1) is 0 Å². The second-order valence-corrected chi connectivity index (χ2v) is 7.17. The Morgan fingerprint density at radius 2 is 1.88 bits per heavy atom. The van der Waals surface area contributed by atoms with Gasteiger partial charge in [0.15, 0.2) is 11.9 Å². The fraction of sp³-hybridized carbons (Fsp3) is 0.318. The Morgan fingerprint density at radius 3 is 2.59 bits per heavy atom. The minimum atomic E-state index is -1.11. The van der Waals surface area contributed by atoms with Gasteiger partial charge in [-0.1, -0.05) is 42.5 Å². The van der Waals surface area contributed by atoms with Crippen molar-refractivity contribution >= 4 is 23.5 Å². The lowest BCUT2D eigenvalue weighted by Crippen LogP contribution is -2.60. The summed E-state index contributed by atoms with van der Waals surface area (Å²) in [6, 6.07) is 13.7. The van der Waals surface area contributed by atoms with E-state index in [9.17, 15) is 24.5 Å². The number of hydrogen-bond acceptors (Lipinski definition) is 7. The van der Waals surface area contributed by atoms with Gasteiger partial charge in [-0.25, -0.2) is 0 Å². The first-order valence-electron chi connectivity index (χ1n) is 10.0. The highest BCUT2D eigenvalue weighted by molar-refractivity contribution is 5.93. The number of amides is 2. The van der Waals surface area contributed by atoms with Crippen LogP contribution in [0.2, 0.25) is 0 Å². The number of para-hydroxylation sites is 2. The molecule has 1 N–H and O–H groups in total. The molecule has 32 heavy (non-hydrogen) atoms. The second kappa shape index (κ2) is 10.4. The summed E-state index contributed by atoms with van der Waals surface area (Å²) in [4.78, 5) is 49.6. The molecule has 2 amide bonds. The quantitative estimate of drug-likeness (QED) is 0.376. The van der Waals surface area contributed by atoms with E-state index in [0.29, 0.717) is 0 Å². The third kappa shape index (κ3) is 5.60. The number of benzene rings is 2. The molecule has 10 heteroatoms. The minimum Gasteiger partial charge on any atom is -0.474 e. The third-order valence-electron chi connectivity index (χ3n) is 4.93. The van der Waals surface area contributed by atoms with Crippen LogP contribution in [0, 0.1) is 10.1 Å². The molecule has 2 aromatic carbocycles. The molecule has 1 heterocycles. The largest absolute Gasteiger partial charge is 0.474 e. The molecule has 2 atom stereocenters. The summed E-state index contributed by atoms with van der Waals surface area (Å²) in [5.74, 6) is -1.71. The summed E-state index contributed by atoms with van der Waals surface area (Å²) < 4.78 is 10.8. The Kier molecular flexibility index (Phi) is 7.37. The molecule has 10 nitrogen and oxygen atoms in total. The predicted molar refractivity (Wildman–Crippen MR) is 113 cm³/mol. The number of hydrogen-bond donors (Lipinski definition) is 1. The Hall–Kier alpha value is -3.95. The zero-order chi connectivity index (χ0) is 23.1.